The Morgan fingerprint density at radius 2 is 1.74 bits per heavy atom. The highest BCUT2D eigenvalue weighted by Gasteiger charge is 2.23. The number of hydrogen-bond acceptors (Lipinski definition) is 5. The van der Waals surface area contributed by atoms with E-state index in [1.807, 2.05) is 60.0 Å². The Kier molecular flexibility index (Phi) is 7.64. The van der Waals surface area contributed by atoms with Crippen molar-refractivity contribution < 1.29 is 14.4 Å². The number of fused-ring (bicyclic) bond motifs is 1. The van der Waals surface area contributed by atoms with Crippen LogP contribution >= 0.6 is 0 Å². The summed E-state index contributed by atoms with van der Waals surface area (Å²) in [6.07, 6.45) is 3.33. The maximum Gasteiger partial charge on any atom is 0.243 e. The van der Waals surface area contributed by atoms with Crippen molar-refractivity contribution in [3.8, 4) is 0 Å². The summed E-state index contributed by atoms with van der Waals surface area (Å²) < 4.78 is 0. The molecule has 3 N–H and O–H groups in total. The number of hydrogen-bond donors (Lipinski definition) is 3. The average molecular weight is 420 g/mol. The van der Waals surface area contributed by atoms with Crippen molar-refractivity contribution in [1.29, 1.82) is 0 Å². The van der Waals surface area contributed by atoms with Crippen LogP contribution in [0.2, 0.25) is 0 Å². The molecule has 160 valence electrons. The zero-order valence-corrected chi connectivity index (χ0v) is 17.0. The number of aryl methyl sites for hydroxylation is 1. The molecular weight excluding hydrogens is 396 g/mol. The minimum absolute atomic E-state index is 0.173. The lowest BCUT2D eigenvalue weighted by Gasteiger charge is -2.15. The van der Waals surface area contributed by atoms with Gasteiger partial charge in [-0.15, -0.1) is 4.91 Å². The van der Waals surface area contributed by atoms with Gasteiger partial charge in [0.15, 0.2) is 5.78 Å². The fourth-order valence-corrected chi connectivity index (χ4v) is 3.55. The lowest BCUT2D eigenvalue weighted by Crippen LogP contribution is -2.37. The quantitative estimate of drug-likeness (QED) is 0.250. The maximum atomic E-state index is 12.7. The number of amides is 2. The predicted molar refractivity (Wildman–Crippen MR) is 117 cm³/mol. The monoisotopic (exact) mass is 420 g/mol. The summed E-state index contributed by atoms with van der Waals surface area (Å²) in [5, 5.41) is 5.80. The minimum Gasteiger partial charge on any atom is -0.360 e. The maximum absolute atomic E-state index is 12.7. The highest BCUT2D eigenvalue weighted by Crippen LogP contribution is 2.18. The van der Waals surface area contributed by atoms with Gasteiger partial charge in [-0.05, 0) is 30.9 Å². The number of carbonyl (C=O) groups excluding carboxylic acids is 3. The van der Waals surface area contributed by atoms with Gasteiger partial charge in [-0.25, -0.2) is 5.43 Å². The van der Waals surface area contributed by atoms with Gasteiger partial charge in [-0.1, -0.05) is 48.5 Å². The predicted octanol–water partition coefficient (Wildman–Crippen LogP) is 3.29. The molecule has 0 radical (unpaired) electrons. The van der Waals surface area contributed by atoms with Gasteiger partial charge in [-0.3, -0.25) is 14.4 Å². The fraction of sp³-hybridized carbons (Fsp3) is 0.261. The second-order valence-corrected chi connectivity index (χ2v) is 7.29. The molecule has 1 atom stereocenters. The van der Waals surface area contributed by atoms with Gasteiger partial charge in [0.25, 0.3) is 0 Å². The second-order valence-electron chi connectivity index (χ2n) is 7.29. The summed E-state index contributed by atoms with van der Waals surface area (Å²) >= 11 is 0. The molecule has 0 saturated heterocycles. The van der Waals surface area contributed by atoms with E-state index in [-0.39, 0.29) is 18.7 Å². The molecule has 2 aromatic carbocycles. The van der Waals surface area contributed by atoms with Crippen LogP contribution in [0, 0.1) is 10.8 Å². The molecule has 0 aliphatic heterocycles. The van der Waals surface area contributed by atoms with Crippen LogP contribution in [0.1, 0.15) is 35.2 Å². The largest absolute Gasteiger partial charge is 0.360 e. The Bertz CT molecular complexity index is 1060. The van der Waals surface area contributed by atoms with E-state index in [1.165, 1.54) is 0 Å². The van der Waals surface area contributed by atoms with E-state index in [0.29, 0.717) is 18.4 Å². The van der Waals surface area contributed by atoms with E-state index in [9.17, 15) is 19.3 Å². The molecule has 3 aromatic rings. The number of ketones is 1. The molecule has 1 heterocycles. The Morgan fingerprint density at radius 3 is 2.52 bits per heavy atom. The van der Waals surface area contributed by atoms with Crippen LogP contribution in [0.15, 0.2) is 66.1 Å². The van der Waals surface area contributed by atoms with E-state index in [2.05, 4.69) is 15.6 Å². The van der Waals surface area contributed by atoms with Crippen molar-refractivity contribution in [2.24, 2.45) is 11.2 Å². The number of carbonyl (C=O) groups is 3. The third-order valence-corrected chi connectivity index (χ3v) is 5.15. The number of rotatable bonds is 11. The number of nitrogens with zero attached hydrogens (tertiary/aromatic N) is 1. The Hall–Kier alpha value is -3.81. The smallest absolute Gasteiger partial charge is 0.243 e. The molecule has 0 aliphatic rings. The molecule has 1 aromatic heterocycles. The number of aromatic amines is 1. The summed E-state index contributed by atoms with van der Waals surface area (Å²) in [5.74, 6) is -1.92. The Balaban J connectivity index is 1.59. The summed E-state index contributed by atoms with van der Waals surface area (Å²) in [5.41, 5.74) is 4.30. The van der Waals surface area contributed by atoms with Gasteiger partial charge in [0, 0.05) is 35.0 Å². The third-order valence-electron chi connectivity index (χ3n) is 5.15. The van der Waals surface area contributed by atoms with Crippen LogP contribution in [0.25, 0.3) is 10.9 Å². The summed E-state index contributed by atoms with van der Waals surface area (Å²) in [4.78, 5) is 50.4. The topological polar surface area (TPSA) is 120 Å². The number of para-hydroxylation sites is 1. The van der Waals surface area contributed by atoms with Crippen LogP contribution in [0.4, 0.5) is 0 Å². The number of nitroso groups, excluding NO2 is 1. The van der Waals surface area contributed by atoms with E-state index in [0.717, 1.165) is 22.9 Å². The standard InChI is InChI=1S/C23H24N4O4/c28-21(19-14-24-20-12-5-4-11-18(19)20)15-25-23(30)17(13-22(29)26-27-31)10-6-9-16-7-2-1-3-8-16/h1-5,7-8,11-12,14,17,24H,6,9-10,13,15H2,(H,25,30)(H,26,29,31)/t17-/m1/s1. The number of Topliss-reactive ketones (excluding diaryl/α,β-unsaturated/α-hetero) is 1. The third kappa shape index (κ3) is 6.08. The Labute approximate surface area is 179 Å². The fourth-order valence-electron chi connectivity index (χ4n) is 3.55. The second kappa shape index (κ2) is 10.8. The van der Waals surface area contributed by atoms with E-state index >= 15 is 0 Å². The van der Waals surface area contributed by atoms with Crippen molar-refractivity contribution in [3.05, 3.63) is 76.8 Å². The SMILES string of the molecule is O=NNC(=O)C[C@@H](CCCc1ccccc1)C(=O)NCC(=O)c1c[nH]c2ccccc12. The molecule has 0 aliphatic carbocycles. The van der Waals surface area contributed by atoms with Gasteiger partial charge >= 0.3 is 0 Å². The molecule has 2 amide bonds. The summed E-state index contributed by atoms with van der Waals surface area (Å²) in [7, 11) is 0. The minimum atomic E-state index is -0.666. The first kappa shape index (κ1) is 21.9. The Morgan fingerprint density at radius 1 is 1.00 bits per heavy atom. The average Bonchev–Trinajstić information content (AvgIpc) is 3.22. The normalized spacial score (nSPS) is 11.6. The number of aromatic nitrogens is 1. The van der Waals surface area contributed by atoms with Crippen LogP contribution in [-0.4, -0.2) is 29.1 Å². The van der Waals surface area contributed by atoms with E-state index in [1.54, 1.807) is 6.20 Å². The first-order valence-electron chi connectivity index (χ1n) is 10.1. The van der Waals surface area contributed by atoms with E-state index in [4.69, 9.17) is 0 Å². The van der Waals surface area contributed by atoms with Crippen LogP contribution < -0.4 is 10.7 Å². The number of benzene rings is 2. The van der Waals surface area contributed by atoms with Crippen LogP contribution in [0.3, 0.4) is 0 Å². The zero-order chi connectivity index (χ0) is 22.1. The van der Waals surface area contributed by atoms with Crippen molar-refractivity contribution in [3.63, 3.8) is 0 Å². The van der Waals surface area contributed by atoms with Gasteiger partial charge in [0.2, 0.25) is 11.8 Å². The van der Waals surface area contributed by atoms with E-state index < -0.39 is 17.7 Å². The van der Waals surface area contributed by atoms with Crippen LogP contribution in [0.5, 0.6) is 0 Å². The molecule has 8 nitrogen and oxygen atoms in total. The number of nitrogens with one attached hydrogen (secondary N) is 3. The zero-order valence-electron chi connectivity index (χ0n) is 17.0. The molecule has 3 rings (SSSR count). The van der Waals surface area contributed by atoms with Crippen molar-refractivity contribution in [2.45, 2.75) is 25.7 Å². The molecule has 8 heteroatoms. The van der Waals surface area contributed by atoms with Gasteiger partial charge in [0.1, 0.15) is 0 Å². The van der Waals surface area contributed by atoms with Gasteiger partial charge in [0.05, 0.1) is 11.8 Å². The molecule has 31 heavy (non-hydrogen) atoms. The first-order chi connectivity index (χ1) is 15.1. The van der Waals surface area contributed by atoms with Gasteiger partial charge < -0.3 is 10.3 Å². The lowest BCUT2D eigenvalue weighted by molar-refractivity contribution is -0.130. The molecule has 0 bridgehead atoms. The molecule has 0 saturated carbocycles. The number of H-pyrrole nitrogens is 1. The summed E-state index contributed by atoms with van der Waals surface area (Å²) in [6, 6.07) is 17.2. The highest BCUT2D eigenvalue weighted by molar-refractivity contribution is 6.09. The van der Waals surface area contributed by atoms with Crippen LogP contribution in [-0.2, 0) is 16.0 Å². The van der Waals surface area contributed by atoms with Crippen molar-refractivity contribution in [1.82, 2.24) is 15.7 Å². The van der Waals surface area contributed by atoms with Gasteiger partial charge in [-0.2, -0.15) is 0 Å². The molecule has 0 spiro atoms. The summed E-state index contributed by atoms with van der Waals surface area (Å²) in [6.45, 7) is -0.177. The first-order valence-corrected chi connectivity index (χ1v) is 10.1. The highest BCUT2D eigenvalue weighted by atomic mass is 16.3. The van der Waals surface area contributed by atoms with Crippen molar-refractivity contribution in [2.75, 3.05) is 6.54 Å². The molecular formula is C23H24N4O4. The lowest BCUT2D eigenvalue weighted by atomic mass is 9.95. The molecule has 0 fully saturated rings. The van der Waals surface area contributed by atoms with Crippen molar-refractivity contribution >= 4 is 28.5 Å². The molecule has 0 unspecified atom stereocenters.